The summed E-state index contributed by atoms with van der Waals surface area (Å²) < 4.78 is 4.49. The zero-order valence-corrected chi connectivity index (χ0v) is 16.1. The molecule has 0 heterocycles. The number of esters is 1. The van der Waals surface area contributed by atoms with Crippen LogP contribution in [0.15, 0.2) is 48.5 Å². The summed E-state index contributed by atoms with van der Waals surface area (Å²) in [5.74, 6) is -0.912. The van der Waals surface area contributed by atoms with E-state index in [4.69, 9.17) is 0 Å². The fraction of sp³-hybridized carbons (Fsp3) is 0.318. The second kappa shape index (κ2) is 8.25. The van der Waals surface area contributed by atoms with E-state index in [1.165, 1.54) is 7.11 Å². The number of aryl methyl sites for hydroxylation is 1. The predicted octanol–water partition coefficient (Wildman–Crippen LogP) is 2.96. The minimum Gasteiger partial charge on any atom is -0.468 e. The Morgan fingerprint density at radius 3 is 2.36 bits per heavy atom. The highest BCUT2D eigenvalue weighted by atomic mass is 16.5. The molecule has 146 valence electrons. The van der Waals surface area contributed by atoms with E-state index in [0.29, 0.717) is 11.3 Å². The van der Waals surface area contributed by atoms with Crippen LogP contribution >= 0.6 is 0 Å². The maximum absolute atomic E-state index is 13.0. The molecule has 1 saturated carbocycles. The SMILES string of the molecule is COC(=O)CNC(=O)c1ccc(NC(=O)C2(c3cccc(C)c3)CCC2)cc1. The number of methoxy groups -OCH3 is 1. The molecule has 1 aliphatic rings. The van der Waals surface area contributed by atoms with Crippen molar-refractivity contribution in [1.82, 2.24) is 5.32 Å². The lowest BCUT2D eigenvalue weighted by molar-refractivity contribution is -0.139. The van der Waals surface area contributed by atoms with Crippen LogP contribution in [-0.4, -0.2) is 31.4 Å². The first-order valence-corrected chi connectivity index (χ1v) is 9.28. The molecule has 0 unspecified atom stereocenters. The van der Waals surface area contributed by atoms with Crippen molar-refractivity contribution in [2.75, 3.05) is 19.0 Å². The summed E-state index contributed by atoms with van der Waals surface area (Å²) in [6, 6.07) is 14.7. The second-order valence-electron chi connectivity index (χ2n) is 7.10. The van der Waals surface area contributed by atoms with Crippen molar-refractivity contribution in [2.45, 2.75) is 31.6 Å². The van der Waals surface area contributed by atoms with Crippen LogP contribution in [0.4, 0.5) is 5.69 Å². The normalized spacial score (nSPS) is 14.5. The van der Waals surface area contributed by atoms with Gasteiger partial charge >= 0.3 is 5.97 Å². The average Bonchev–Trinajstić information content (AvgIpc) is 2.65. The molecule has 6 heteroatoms. The Morgan fingerprint density at radius 1 is 1.07 bits per heavy atom. The van der Waals surface area contributed by atoms with Crippen LogP contribution in [0.25, 0.3) is 0 Å². The van der Waals surface area contributed by atoms with E-state index in [2.05, 4.69) is 21.4 Å². The van der Waals surface area contributed by atoms with Gasteiger partial charge in [-0.25, -0.2) is 0 Å². The molecule has 3 rings (SSSR count). The van der Waals surface area contributed by atoms with Crippen LogP contribution in [-0.2, 0) is 19.7 Å². The Morgan fingerprint density at radius 2 is 1.79 bits per heavy atom. The molecule has 0 spiro atoms. The van der Waals surface area contributed by atoms with Crippen LogP contribution < -0.4 is 10.6 Å². The zero-order valence-electron chi connectivity index (χ0n) is 16.1. The molecule has 1 fully saturated rings. The van der Waals surface area contributed by atoms with E-state index in [9.17, 15) is 14.4 Å². The molecule has 2 aromatic carbocycles. The average molecular weight is 380 g/mol. The molecule has 2 N–H and O–H groups in total. The molecule has 0 atom stereocenters. The number of carbonyl (C=O) groups is 3. The first kappa shape index (κ1) is 19.6. The van der Waals surface area contributed by atoms with Gasteiger partial charge in [-0.2, -0.15) is 0 Å². The zero-order chi connectivity index (χ0) is 20.1. The first-order valence-electron chi connectivity index (χ1n) is 9.28. The van der Waals surface area contributed by atoms with Gasteiger partial charge in [0.2, 0.25) is 5.91 Å². The quantitative estimate of drug-likeness (QED) is 0.755. The van der Waals surface area contributed by atoms with Crippen molar-refractivity contribution in [2.24, 2.45) is 0 Å². The lowest BCUT2D eigenvalue weighted by atomic mass is 9.63. The number of hydrogen-bond acceptors (Lipinski definition) is 4. The van der Waals surface area contributed by atoms with Gasteiger partial charge in [0.15, 0.2) is 0 Å². The van der Waals surface area contributed by atoms with Crippen molar-refractivity contribution in [3.05, 3.63) is 65.2 Å². The van der Waals surface area contributed by atoms with Gasteiger partial charge in [0.05, 0.1) is 12.5 Å². The largest absolute Gasteiger partial charge is 0.468 e. The summed E-state index contributed by atoms with van der Waals surface area (Å²) in [4.78, 5) is 36.1. The van der Waals surface area contributed by atoms with Crippen LogP contribution in [0.3, 0.4) is 0 Å². The molecule has 2 amide bonds. The Hall–Kier alpha value is -3.15. The molecule has 0 saturated heterocycles. The third-order valence-corrected chi connectivity index (χ3v) is 5.24. The van der Waals surface area contributed by atoms with Gasteiger partial charge in [0.25, 0.3) is 5.91 Å². The number of ether oxygens (including phenoxy) is 1. The van der Waals surface area contributed by atoms with Crippen molar-refractivity contribution < 1.29 is 19.1 Å². The molecular weight excluding hydrogens is 356 g/mol. The maximum Gasteiger partial charge on any atom is 0.325 e. The number of hydrogen-bond donors (Lipinski definition) is 2. The number of rotatable bonds is 6. The van der Waals surface area contributed by atoms with E-state index < -0.39 is 11.4 Å². The molecule has 2 aromatic rings. The maximum atomic E-state index is 13.0. The Kier molecular flexibility index (Phi) is 5.78. The minimum atomic E-state index is -0.515. The van der Waals surface area contributed by atoms with E-state index >= 15 is 0 Å². The predicted molar refractivity (Wildman–Crippen MR) is 106 cm³/mol. The smallest absolute Gasteiger partial charge is 0.325 e. The molecule has 0 aliphatic heterocycles. The topological polar surface area (TPSA) is 84.5 Å². The van der Waals surface area contributed by atoms with Gasteiger partial charge in [0.1, 0.15) is 6.54 Å². The monoisotopic (exact) mass is 380 g/mol. The molecule has 0 bridgehead atoms. The van der Waals surface area contributed by atoms with Gasteiger partial charge in [-0.15, -0.1) is 0 Å². The van der Waals surface area contributed by atoms with Gasteiger partial charge < -0.3 is 15.4 Å². The van der Waals surface area contributed by atoms with Gasteiger partial charge in [-0.05, 0) is 49.6 Å². The molecular formula is C22H24N2O4. The van der Waals surface area contributed by atoms with Crippen molar-refractivity contribution in [1.29, 1.82) is 0 Å². The summed E-state index contributed by atoms with van der Waals surface area (Å²) in [6.07, 6.45) is 2.69. The highest BCUT2D eigenvalue weighted by molar-refractivity contribution is 6.01. The lowest BCUT2D eigenvalue weighted by Crippen LogP contribution is -2.46. The van der Waals surface area contributed by atoms with Gasteiger partial charge in [-0.3, -0.25) is 14.4 Å². The van der Waals surface area contributed by atoms with E-state index in [1.54, 1.807) is 24.3 Å². The fourth-order valence-electron chi connectivity index (χ4n) is 3.40. The third kappa shape index (κ3) is 4.06. The van der Waals surface area contributed by atoms with E-state index in [1.807, 2.05) is 25.1 Å². The van der Waals surface area contributed by atoms with Gasteiger partial charge in [0, 0.05) is 11.3 Å². The van der Waals surface area contributed by atoms with E-state index in [-0.39, 0.29) is 18.4 Å². The summed E-state index contributed by atoms with van der Waals surface area (Å²) in [6.45, 7) is 1.84. The third-order valence-electron chi connectivity index (χ3n) is 5.24. The summed E-state index contributed by atoms with van der Waals surface area (Å²) in [7, 11) is 1.26. The minimum absolute atomic E-state index is 0.0211. The number of benzene rings is 2. The van der Waals surface area contributed by atoms with Crippen LogP contribution in [0.1, 0.15) is 40.7 Å². The number of amides is 2. The highest BCUT2D eigenvalue weighted by Crippen LogP contribution is 2.44. The van der Waals surface area contributed by atoms with Crippen molar-refractivity contribution >= 4 is 23.5 Å². The van der Waals surface area contributed by atoms with Gasteiger partial charge in [-0.1, -0.05) is 36.2 Å². The Labute approximate surface area is 164 Å². The van der Waals surface area contributed by atoms with Crippen LogP contribution in [0.2, 0.25) is 0 Å². The second-order valence-corrected chi connectivity index (χ2v) is 7.10. The first-order chi connectivity index (χ1) is 13.4. The van der Waals surface area contributed by atoms with Crippen LogP contribution in [0.5, 0.6) is 0 Å². The summed E-state index contributed by atoms with van der Waals surface area (Å²) >= 11 is 0. The summed E-state index contributed by atoms with van der Waals surface area (Å²) in [5.41, 5.74) is 2.74. The van der Waals surface area contributed by atoms with Crippen LogP contribution in [0, 0.1) is 6.92 Å². The standard InChI is InChI=1S/C22H24N2O4/c1-15-5-3-6-17(13-15)22(11-4-12-22)21(27)24-18-9-7-16(8-10-18)20(26)23-14-19(25)28-2/h3,5-10,13H,4,11-12,14H2,1-2H3,(H,23,26)(H,24,27). The van der Waals surface area contributed by atoms with E-state index in [0.717, 1.165) is 30.4 Å². The number of carbonyl (C=O) groups excluding carboxylic acids is 3. The Balaban J connectivity index is 1.67. The Bertz CT molecular complexity index is 886. The summed E-state index contributed by atoms with van der Waals surface area (Å²) in [5, 5.41) is 5.46. The molecule has 28 heavy (non-hydrogen) atoms. The fourth-order valence-corrected chi connectivity index (χ4v) is 3.40. The molecule has 0 aromatic heterocycles. The number of anilines is 1. The molecule has 6 nitrogen and oxygen atoms in total. The molecule has 0 radical (unpaired) electrons. The highest BCUT2D eigenvalue weighted by Gasteiger charge is 2.45. The lowest BCUT2D eigenvalue weighted by Gasteiger charge is -2.41. The molecule has 1 aliphatic carbocycles. The van der Waals surface area contributed by atoms with Crippen molar-refractivity contribution in [3.8, 4) is 0 Å². The van der Waals surface area contributed by atoms with Crippen molar-refractivity contribution in [3.63, 3.8) is 0 Å². The number of nitrogens with one attached hydrogen (secondary N) is 2.